The highest BCUT2D eigenvalue weighted by Crippen LogP contribution is 2.28. The summed E-state index contributed by atoms with van der Waals surface area (Å²) in [6.07, 6.45) is -9.65. The lowest BCUT2D eigenvalue weighted by atomic mass is 9.99. The van der Waals surface area contributed by atoms with Crippen LogP contribution in [0.5, 0.6) is 5.75 Å². The lowest BCUT2D eigenvalue weighted by Crippen LogP contribution is -2.60. The number of rotatable bonds is 6. The highest BCUT2D eigenvalue weighted by molar-refractivity contribution is 5.21. The molecule has 10 heteroatoms. The van der Waals surface area contributed by atoms with Crippen molar-refractivity contribution in [3.63, 3.8) is 0 Å². The molecule has 2 saturated heterocycles. The summed E-state index contributed by atoms with van der Waals surface area (Å²) in [5.74, 6) is 0.396. The molecule has 3 rings (SSSR count). The van der Waals surface area contributed by atoms with Crippen molar-refractivity contribution < 1.29 is 49.6 Å². The largest absolute Gasteiger partial charge is 0.462 e. The Morgan fingerprint density at radius 2 is 1.70 bits per heavy atom. The number of aliphatic hydroxyl groups is 6. The topological polar surface area (TPSA) is 158 Å². The summed E-state index contributed by atoms with van der Waals surface area (Å²) in [7, 11) is 0. The van der Waals surface area contributed by atoms with E-state index in [0.29, 0.717) is 5.75 Å². The number of benzene rings is 1. The van der Waals surface area contributed by atoms with Gasteiger partial charge in [-0.05, 0) is 12.1 Å². The Hall–Kier alpha value is -1.34. The van der Waals surface area contributed by atoms with Crippen LogP contribution in [-0.2, 0) is 14.2 Å². The molecule has 27 heavy (non-hydrogen) atoms. The molecule has 2 aliphatic rings. The first kappa shape index (κ1) is 20.4. The highest BCUT2D eigenvalue weighted by atomic mass is 16.7. The Labute approximate surface area is 155 Å². The van der Waals surface area contributed by atoms with Crippen molar-refractivity contribution in [3.05, 3.63) is 30.3 Å². The normalized spacial score (nSPS) is 42.2. The maximum Gasteiger partial charge on any atom is 0.229 e. The molecule has 0 spiro atoms. The van der Waals surface area contributed by atoms with E-state index in [1.165, 1.54) is 0 Å². The predicted molar refractivity (Wildman–Crippen MR) is 87.5 cm³/mol. The van der Waals surface area contributed by atoms with Gasteiger partial charge >= 0.3 is 0 Å². The summed E-state index contributed by atoms with van der Waals surface area (Å²) in [4.78, 5) is 0. The summed E-state index contributed by atoms with van der Waals surface area (Å²) in [5.41, 5.74) is -1.84. The number of ether oxygens (including phenoxy) is 4. The van der Waals surface area contributed by atoms with Crippen molar-refractivity contribution in [2.45, 2.75) is 48.7 Å². The van der Waals surface area contributed by atoms with Crippen molar-refractivity contribution in [1.29, 1.82) is 0 Å². The van der Waals surface area contributed by atoms with Gasteiger partial charge in [0, 0.05) is 0 Å². The molecule has 6 N–H and O–H groups in total. The zero-order valence-corrected chi connectivity index (χ0v) is 14.4. The Morgan fingerprint density at radius 3 is 2.33 bits per heavy atom. The molecule has 2 fully saturated rings. The van der Waals surface area contributed by atoms with Crippen LogP contribution in [0.1, 0.15) is 0 Å². The Balaban J connectivity index is 1.61. The molecule has 2 aliphatic heterocycles. The smallest absolute Gasteiger partial charge is 0.229 e. The van der Waals surface area contributed by atoms with Crippen LogP contribution < -0.4 is 4.74 Å². The second kappa shape index (κ2) is 8.35. The molecule has 2 heterocycles. The molecule has 1 aromatic rings. The average Bonchev–Trinajstić information content (AvgIpc) is 2.97. The van der Waals surface area contributed by atoms with Gasteiger partial charge in [0.2, 0.25) is 6.29 Å². The Bertz CT molecular complexity index is 601. The summed E-state index contributed by atoms with van der Waals surface area (Å²) in [6.45, 7) is -1.37. The van der Waals surface area contributed by atoms with Crippen molar-refractivity contribution in [2.75, 3.05) is 19.8 Å². The molecule has 10 nitrogen and oxygen atoms in total. The molecule has 8 atom stereocenters. The van der Waals surface area contributed by atoms with Gasteiger partial charge in [-0.15, -0.1) is 0 Å². The number of aliphatic hydroxyl groups excluding tert-OH is 5. The summed E-state index contributed by atoms with van der Waals surface area (Å²) in [5, 5.41) is 59.3. The molecule has 0 bridgehead atoms. The first-order valence-electron chi connectivity index (χ1n) is 8.51. The maximum absolute atomic E-state index is 10.1. The van der Waals surface area contributed by atoms with Gasteiger partial charge < -0.3 is 49.6 Å². The fourth-order valence-corrected chi connectivity index (χ4v) is 2.91. The van der Waals surface area contributed by atoms with E-state index in [-0.39, 0.29) is 13.2 Å². The van der Waals surface area contributed by atoms with Crippen molar-refractivity contribution in [2.24, 2.45) is 0 Å². The minimum atomic E-state index is -1.84. The van der Waals surface area contributed by atoms with Crippen molar-refractivity contribution >= 4 is 0 Å². The van der Waals surface area contributed by atoms with Gasteiger partial charge in [-0.1, -0.05) is 18.2 Å². The SMILES string of the molecule is OC[C@@]1(O)CO[C@@H](OC[C@H]2O[C@@H](Oc3ccccc3)[C@H](O)[C@@H](O)[C@@H]2O)[C@@H]1O. The standard InChI is InChI=1S/C17H24O10/c18-7-17(23)8-25-16(14(17)22)24-6-10-11(19)12(20)13(21)15(27-10)26-9-4-2-1-3-5-9/h1-5,10-16,18-23H,6-8H2/t10-,11-,12+,13-,14+,15-,16-,17-/m1/s1. The van der Waals surface area contributed by atoms with Crippen LogP contribution in [0.4, 0.5) is 0 Å². The molecule has 152 valence electrons. The fourth-order valence-electron chi connectivity index (χ4n) is 2.91. The molecular weight excluding hydrogens is 364 g/mol. The van der Waals surface area contributed by atoms with Gasteiger partial charge in [-0.2, -0.15) is 0 Å². The average molecular weight is 388 g/mol. The first-order chi connectivity index (χ1) is 12.9. The quantitative estimate of drug-likeness (QED) is 0.303. The second-order valence-corrected chi connectivity index (χ2v) is 6.66. The fraction of sp³-hybridized carbons (Fsp3) is 0.647. The van der Waals surface area contributed by atoms with Crippen LogP contribution in [-0.4, -0.2) is 99.2 Å². The third-order valence-corrected chi connectivity index (χ3v) is 4.67. The van der Waals surface area contributed by atoms with Gasteiger partial charge in [0.25, 0.3) is 0 Å². The van der Waals surface area contributed by atoms with Crippen molar-refractivity contribution in [3.8, 4) is 5.75 Å². The lowest BCUT2D eigenvalue weighted by Gasteiger charge is -2.40. The van der Waals surface area contributed by atoms with Crippen LogP contribution in [0.15, 0.2) is 30.3 Å². The van der Waals surface area contributed by atoms with E-state index < -0.39 is 55.3 Å². The van der Waals surface area contributed by atoms with E-state index in [1.54, 1.807) is 30.3 Å². The van der Waals surface area contributed by atoms with Gasteiger partial charge in [0.1, 0.15) is 41.9 Å². The second-order valence-electron chi connectivity index (χ2n) is 6.66. The summed E-state index contributed by atoms with van der Waals surface area (Å²) < 4.78 is 21.4. The minimum absolute atomic E-state index is 0.329. The van der Waals surface area contributed by atoms with E-state index in [0.717, 1.165) is 0 Å². The molecule has 0 aromatic heterocycles. The summed E-state index contributed by atoms with van der Waals surface area (Å²) in [6, 6.07) is 8.49. The number of hydrogen-bond donors (Lipinski definition) is 6. The van der Waals surface area contributed by atoms with Gasteiger partial charge in [-0.3, -0.25) is 0 Å². The van der Waals surface area contributed by atoms with Crippen LogP contribution in [0.3, 0.4) is 0 Å². The zero-order chi connectivity index (χ0) is 19.6. The third kappa shape index (κ3) is 4.24. The monoisotopic (exact) mass is 388 g/mol. The van der Waals surface area contributed by atoms with Crippen LogP contribution >= 0.6 is 0 Å². The molecule has 0 aliphatic carbocycles. The van der Waals surface area contributed by atoms with Crippen LogP contribution in [0.25, 0.3) is 0 Å². The molecule has 0 saturated carbocycles. The van der Waals surface area contributed by atoms with Gasteiger partial charge in [-0.25, -0.2) is 0 Å². The Morgan fingerprint density at radius 1 is 1.00 bits per heavy atom. The van der Waals surface area contributed by atoms with E-state index >= 15 is 0 Å². The van der Waals surface area contributed by atoms with Gasteiger partial charge in [0.15, 0.2) is 6.29 Å². The minimum Gasteiger partial charge on any atom is -0.462 e. The van der Waals surface area contributed by atoms with E-state index in [4.69, 9.17) is 24.1 Å². The van der Waals surface area contributed by atoms with Gasteiger partial charge in [0.05, 0.1) is 19.8 Å². The summed E-state index contributed by atoms with van der Waals surface area (Å²) >= 11 is 0. The number of para-hydroxylation sites is 1. The molecule has 0 radical (unpaired) electrons. The number of hydrogen-bond acceptors (Lipinski definition) is 10. The molecule has 0 unspecified atom stereocenters. The van der Waals surface area contributed by atoms with Crippen LogP contribution in [0, 0.1) is 0 Å². The molecule has 0 amide bonds. The highest BCUT2D eigenvalue weighted by Gasteiger charge is 2.50. The lowest BCUT2D eigenvalue weighted by molar-refractivity contribution is -0.289. The first-order valence-corrected chi connectivity index (χ1v) is 8.51. The van der Waals surface area contributed by atoms with Crippen LogP contribution in [0.2, 0.25) is 0 Å². The van der Waals surface area contributed by atoms with E-state index in [1.807, 2.05) is 0 Å². The predicted octanol–water partition coefficient (Wildman–Crippen LogP) is -2.67. The molecule has 1 aromatic carbocycles. The van der Waals surface area contributed by atoms with E-state index in [9.17, 15) is 25.5 Å². The maximum atomic E-state index is 10.1. The van der Waals surface area contributed by atoms with Crippen molar-refractivity contribution in [1.82, 2.24) is 0 Å². The Kier molecular flexibility index (Phi) is 6.31. The van der Waals surface area contributed by atoms with E-state index in [2.05, 4.69) is 0 Å². The zero-order valence-electron chi connectivity index (χ0n) is 14.4. The molecular formula is C17H24O10. The third-order valence-electron chi connectivity index (χ3n) is 4.67.